The molecule has 4 rings (SSSR count). The highest BCUT2D eigenvalue weighted by atomic mass is 19.4. The zero-order valence-electron chi connectivity index (χ0n) is 23.4. The van der Waals surface area contributed by atoms with Crippen molar-refractivity contribution in [2.75, 3.05) is 22.6 Å². The number of hydrazine groups is 1. The first-order chi connectivity index (χ1) is 19.6. The van der Waals surface area contributed by atoms with E-state index in [2.05, 4.69) is 31.0 Å². The molecule has 1 aromatic carbocycles. The van der Waals surface area contributed by atoms with E-state index in [0.29, 0.717) is 29.5 Å². The first-order valence-electron chi connectivity index (χ1n) is 13.8. The summed E-state index contributed by atoms with van der Waals surface area (Å²) in [6.45, 7) is 6.81. The van der Waals surface area contributed by atoms with E-state index < -0.39 is 17.7 Å². The monoisotopic (exact) mass is 571 g/mol. The normalized spacial score (nSPS) is 15.2. The Labute approximate surface area is 237 Å². The van der Waals surface area contributed by atoms with Crippen LogP contribution in [-0.2, 0) is 12.7 Å². The molecule has 2 atom stereocenters. The predicted molar refractivity (Wildman–Crippen MR) is 151 cm³/mol. The molecular weight excluding hydrogens is 535 g/mol. The lowest BCUT2D eigenvalue weighted by Crippen LogP contribution is -2.35. The van der Waals surface area contributed by atoms with Crippen LogP contribution in [0, 0.1) is 5.92 Å². The van der Waals surface area contributed by atoms with Gasteiger partial charge in [-0.3, -0.25) is 4.98 Å². The van der Waals surface area contributed by atoms with Crippen molar-refractivity contribution in [3.05, 3.63) is 71.3 Å². The molecule has 41 heavy (non-hydrogen) atoms. The molecule has 0 aliphatic heterocycles. The quantitative estimate of drug-likeness (QED) is 0.168. The number of carboxylic acid groups (broad SMARTS) is 1. The van der Waals surface area contributed by atoms with Gasteiger partial charge in [-0.15, -0.1) is 0 Å². The summed E-state index contributed by atoms with van der Waals surface area (Å²) in [6, 6.07) is 10.4. The van der Waals surface area contributed by atoms with E-state index in [1.807, 2.05) is 44.0 Å². The highest BCUT2D eigenvalue weighted by molar-refractivity contribution is 5.87. The maximum absolute atomic E-state index is 13.1. The van der Waals surface area contributed by atoms with Crippen molar-refractivity contribution in [2.45, 2.75) is 71.3 Å². The van der Waals surface area contributed by atoms with Gasteiger partial charge in [-0.05, 0) is 68.9 Å². The minimum Gasteiger partial charge on any atom is -0.475 e. The summed E-state index contributed by atoms with van der Waals surface area (Å²) in [5.41, 5.74) is 4.43. The van der Waals surface area contributed by atoms with E-state index in [-0.39, 0.29) is 30.3 Å². The fourth-order valence-corrected chi connectivity index (χ4v) is 4.69. The van der Waals surface area contributed by atoms with E-state index >= 15 is 0 Å². The van der Waals surface area contributed by atoms with Crippen molar-refractivity contribution in [1.29, 1.82) is 0 Å². The third-order valence-corrected chi connectivity index (χ3v) is 7.37. The summed E-state index contributed by atoms with van der Waals surface area (Å²) in [5.74, 6) is -0.672. The van der Waals surface area contributed by atoms with Crippen LogP contribution in [0.5, 0.6) is 0 Å². The Balaban J connectivity index is 1.70. The number of pyridine rings is 1. The van der Waals surface area contributed by atoms with Crippen LogP contribution in [0.4, 0.5) is 30.5 Å². The molecule has 1 aliphatic rings. The average molecular weight is 572 g/mol. The topological polar surface area (TPSA) is 115 Å². The lowest BCUT2D eigenvalue weighted by atomic mass is 9.80. The van der Waals surface area contributed by atoms with Crippen molar-refractivity contribution in [1.82, 2.24) is 20.0 Å². The lowest BCUT2D eigenvalue weighted by Gasteiger charge is -2.33. The molecular formula is C29H36F3N7O2. The van der Waals surface area contributed by atoms with Crippen molar-refractivity contribution >= 4 is 23.3 Å². The molecule has 0 spiro atoms. The molecule has 0 amide bonds. The number of nitrogens with one attached hydrogen (secondary N) is 3. The number of alkyl halides is 3. The highest BCUT2D eigenvalue weighted by Crippen LogP contribution is 2.35. The molecule has 3 aromatic rings. The van der Waals surface area contributed by atoms with E-state index in [1.54, 1.807) is 6.20 Å². The maximum atomic E-state index is 13.1. The number of nitrogens with zero attached hydrogens (tertiary/aromatic N) is 4. The van der Waals surface area contributed by atoms with Crippen LogP contribution >= 0.6 is 0 Å². The van der Waals surface area contributed by atoms with Crippen LogP contribution in [0.2, 0.25) is 0 Å². The largest absolute Gasteiger partial charge is 0.475 e. The zero-order chi connectivity index (χ0) is 29.6. The Morgan fingerprint density at radius 2 is 1.80 bits per heavy atom. The Bertz CT molecular complexity index is 1300. The van der Waals surface area contributed by atoms with Gasteiger partial charge in [0, 0.05) is 25.3 Å². The van der Waals surface area contributed by atoms with Gasteiger partial charge in [0.05, 0.1) is 17.3 Å². The van der Waals surface area contributed by atoms with E-state index in [1.165, 1.54) is 12.1 Å². The summed E-state index contributed by atoms with van der Waals surface area (Å²) in [6.07, 6.45) is 1.35. The molecule has 220 valence electrons. The number of benzene rings is 1. The van der Waals surface area contributed by atoms with Crippen molar-refractivity contribution in [3.63, 3.8) is 0 Å². The van der Waals surface area contributed by atoms with Gasteiger partial charge in [-0.2, -0.15) is 13.2 Å². The van der Waals surface area contributed by atoms with Gasteiger partial charge in [0.2, 0.25) is 5.82 Å². The maximum Gasteiger partial charge on any atom is 0.416 e. The first kappa shape index (κ1) is 30.0. The number of hydrogen-bond acceptors (Lipinski definition) is 8. The van der Waals surface area contributed by atoms with Crippen LogP contribution in [-0.4, -0.2) is 43.6 Å². The number of hydrogen-bond donors (Lipinski definition) is 4. The molecule has 2 aromatic heterocycles. The number of carboxylic acids is 1. The standard InChI is InChI=1S/C29H36F3N7O2/c1-4-16-39(19(3)23-10-5-6-15-33-23)38-26-24(34-17-20-11-13-22(14-12-20)29(30,31)32)25(36-27(37-26)28(40)41)35-18(2)21-8-7-9-21/h5-6,10-15,18-19,21,34H,4,7-9,16-17H2,1-3H3,(H,40,41)(H2,35,36,37,38)/t18-,19?/m1/s1. The van der Waals surface area contributed by atoms with Gasteiger partial charge in [0.1, 0.15) is 5.69 Å². The minimum atomic E-state index is -4.43. The molecule has 12 heteroatoms. The fourth-order valence-electron chi connectivity index (χ4n) is 4.69. The van der Waals surface area contributed by atoms with E-state index in [0.717, 1.165) is 43.5 Å². The lowest BCUT2D eigenvalue weighted by molar-refractivity contribution is -0.137. The number of aromatic carboxylic acids is 1. The van der Waals surface area contributed by atoms with Crippen molar-refractivity contribution in [3.8, 4) is 0 Å². The van der Waals surface area contributed by atoms with Gasteiger partial charge in [-0.25, -0.2) is 19.8 Å². The number of rotatable bonds is 13. The molecule has 4 N–H and O–H groups in total. The Morgan fingerprint density at radius 1 is 1.10 bits per heavy atom. The van der Waals surface area contributed by atoms with E-state index in [9.17, 15) is 23.1 Å². The van der Waals surface area contributed by atoms with Crippen LogP contribution in [0.3, 0.4) is 0 Å². The van der Waals surface area contributed by atoms with Gasteiger partial charge in [-0.1, -0.05) is 31.5 Å². The third kappa shape index (κ3) is 7.63. The minimum absolute atomic E-state index is 0.0268. The SMILES string of the molecule is CCCN(Nc1nc(C(=O)O)nc(N[C@H](C)C2CCC2)c1NCc1ccc(C(F)(F)F)cc1)C(C)c1ccccn1. The van der Waals surface area contributed by atoms with Crippen LogP contribution in [0.25, 0.3) is 0 Å². The summed E-state index contributed by atoms with van der Waals surface area (Å²) < 4.78 is 39.2. The van der Waals surface area contributed by atoms with Gasteiger partial charge in [0.15, 0.2) is 11.6 Å². The van der Waals surface area contributed by atoms with Gasteiger partial charge < -0.3 is 21.2 Å². The first-order valence-corrected chi connectivity index (χ1v) is 13.8. The molecule has 0 radical (unpaired) electrons. The molecule has 1 aliphatic carbocycles. The summed E-state index contributed by atoms with van der Waals surface area (Å²) in [5, 5.41) is 18.4. The number of anilines is 3. The van der Waals surface area contributed by atoms with E-state index in [4.69, 9.17) is 0 Å². The van der Waals surface area contributed by atoms with Crippen LogP contribution in [0.15, 0.2) is 48.7 Å². The number of carbonyl (C=O) groups is 1. The Morgan fingerprint density at radius 3 is 2.37 bits per heavy atom. The summed E-state index contributed by atoms with van der Waals surface area (Å²) in [7, 11) is 0. The second kappa shape index (κ2) is 13.2. The molecule has 1 unspecified atom stereocenters. The zero-order valence-corrected chi connectivity index (χ0v) is 23.4. The molecule has 0 bridgehead atoms. The number of halogens is 3. The molecule has 1 saturated carbocycles. The fraction of sp³-hybridized carbons (Fsp3) is 0.448. The van der Waals surface area contributed by atoms with Crippen LogP contribution < -0.4 is 16.1 Å². The van der Waals surface area contributed by atoms with Crippen LogP contribution in [0.1, 0.15) is 79.9 Å². The second-order valence-electron chi connectivity index (χ2n) is 10.3. The van der Waals surface area contributed by atoms with Gasteiger partial charge >= 0.3 is 12.1 Å². The molecule has 1 fully saturated rings. The second-order valence-corrected chi connectivity index (χ2v) is 10.3. The Kier molecular flexibility index (Phi) is 9.64. The summed E-state index contributed by atoms with van der Waals surface area (Å²) in [4.78, 5) is 25.2. The summed E-state index contributed by atoms with van der Waals surface area (Å²) >= 11 is 0. The van der Waals surface area contributed by atoms with Crippen molar-refractivity contribution < 1.29 is 23.1 Å². The average Bonchev–Trinajstić information content (AvgIpc) is 2.91. The smallest absolute Gasteiger partial charge is 0.416 e. The Hall–Kier alpha value is -3.93. The number of aromatic nitrogens is 3. The predicted octanol–water partition coefficient (Wildman–Crippen LogP) is 6.60. The van der Waals surface area contributed by atoms with Gasteiger partial charge in [0.25, 0.3) is 0 Å². The molecule has 0 saturated heterocycles. The molecule has 2 heterocycles. The van der Waals surface area contributed by atoms with Crippen molar-refractivity contribution in [2.24, 2.45) is 5.92 Å². The highest BCUT2D eigenvalue weighted by Gasteiger charge is 2.30. The third-order valence-electron chi connectivity index (χ3n) is 7.37. The molecule has 9 nitrogen and oxygen atoms in total.